The second kappa shape index (κ2) is 6.76. The second-order valence-electron chi connectivity index (χ2n) is 5.54. The van der Waals surface area contributed by atoms with E-state index in [1.165, 1.54) is 0 Å². The molecule has 0 bridgehead atoms. The number of hydrogen-bond donors (Lipinski definition) is 2. The Hall–Kier alpha value is -3.53. The Kier molecular flexibility index (Phi) is 4.50. The van der Waals surface area contributed by atoms with E-state index in [1.54, 1.807) is 25.1 Å². The zero-order valence-electron chi connectivity index (χ0n) is 13.6. The molecule has 0 aliphatic carbocycles. The molecule has 3 rings (SSSR count). The highest BCUT2D eigenvalue weighted by molar-refractivity contribution is 5.88. The molecule has 1 aromatic heterocycles. The first kappa shape index (κ1) is 17.3. The number of fused-ring (bicyclic) bond motifs is 1. The van der Waals surface area contributed by atoms with Crippen molar-refractivity contribution in [2.24, 2.45) is 0 Å². The van der Waals surface area contributed by atoms with Gasteiger partial charge < -0.3 is 5.11 Å². The Balaban J connectivity index is 2.17. The summed E-state index contributed by atoms with van der Waals surface area (Å²) < 4.78 is 27.7. The maximum absolute atomic E-state index is 14.1. The predicted octanol–water partition coefficient (Wildman–Crippen LogP) is 2.86. The van der Waals surface area contributed by atoms with E-state index in [4.69, 9.17) is 5.11 Å². The average molecular weight is 354 g/mol. The standard InChI is InChI=1S/C19H12F2N2O3/c1-2-3-10-4-5-12-13(6-10)17(22-23-18(12)24)8-11-7-14(19(25)26)16(21)9-15(11)20/h4-7,9H,8H2,1H3,(H,23,24)(H,25,26). The molecule has 0 aliphatic heterocycles. The van der Waals surface area contributed by atoms with Crippen molar-refractivity contribution in [3.8, 4) is 11.8 Å². The van der Waals surface area contributed by atoms with Crippen molar-refractivity contribution in [2.45, 2.75) is 13.3 Å². The van der Waals surface area contributed by atoms with E-state index in [2.05, 4.69) is 22.0 Å². The molecule has 2 N–H and O–H groups in total. The van der Waals surface area contributed by atoms with Gasteiger partial charge in [0.15, 0.2) is 0 Å². The zero-order valence-corrected chi connectivity index (χ0v) is 13.6. The number of halogens is 2. The van der Waals surface area contributed by atoms with Gasteiger partial charge in [0.25, 0.3) is 5.56 Å². The van der Waals surface area contributed by atoms with Gasteiger partial charge in [-0.3, -0.25) is 4.79 Å². The third-order valence-electron chi connectivity index (χ3n) is 3.86. The number of aromatic nitrogens is 2. The molecule has 130 valence electrons. The lowest BCUT2D eigenvalue weighted by Gasteiger charge is -2.08. The molecule has 2 aromatic carbocycles. The van der Waals surface area contributed by atoms with Gasteiger partial charge in [-0.15, -0.1) is 5.92 Å². The quantitative estimate of drug-likeness (QED) is 0.709. The van der Waals surface area contributed by atoms with Crippen LogP contribution in [0.5, 0.6) is 0 Å². The number of carboxylic acid groups (broad SMARTS) is 1. The molecule has 7 heteroatoms. The number of aromatic amines is 1. The molecule has 1 heterocycles. The van der Waals surface area contributed by atoms with Crippen LogP contribution in [0.15, 0.2) is 35.1 Å². The highest BCUT2D eigenvalue weighted by Crippen LogP contribution is 2.22. The molecule has 0 fully saturated rings. The molecule has 0 saturated carbocycles. The van der Waals surface area contributed by atoms with E-state index in [9.17, 15) is 18.4 Å². The summed E-state index contributed by atoms with van der Waals surface area (Å²) in [7, 11) is 0. The molecule has 3 aromatic rings. The van der Waals surface area contributed by atoms with Gasteiger partial charge in [-0.25, -0.2) is 18.7 Å². The SMILES string of the molecule is CC#Cc1ccc2c(=O)[nH]nc(Cc3cc(C(=O)O)c(F)cc3F)c2c1. The first-order valence-electron chi connectivity index (χ1n) is 7.56. The van der Waals surface area contributed by atoms with Gasteiger partial charge in [-0.2, -0.15) is 5.10 Å². The van der Waals surface area contributed by atoms with E-state index in [1.807, 2.05) is 0 Å². The van der Waals surface area contributed by atoms with E-state index in [0.29, 0.717) is 28.1 Å². The van der Waals surface area contributed by atoms with Crippen molar-refractivity contribution < 1.29 is 18.7 Å². The van der Waals surface area contributed by atoms with Gasteiger partial charge in [0.2, 0.25) is 0 Å². The number of carbonyl (C=O) groups is 1. The lowest BCUT2D eigenvalue weighted by Crippen LogP contribution is -2.12. The molecular weight excluding hydrogens is 342 g/mol. The number of H-pyrrole nitrogens is 1. The number of rotatable bonds is 3. The van der Waals surface area contributed by atoms with Crippen LogP contribution in [0.2, 0.25) is 0 Å². The summed E-state index contributed by atoms with van der Waals surface area (Å²) in [6.07, 6.45) is -0.122. The minimum atomic E-state index is -1.50. The number of aromatic carboxylic acids is 1. The van der Waals surface area contributed by atoms with Crippen molar-refractivity contribution in [3.05, 3.63) is 74.7 Å². The maximum Gasteiger partial charge on any atom is 0.338 e. The summed E-state index contributed by atoms with van der Waals surface area (Å²) in [5, 5.41) is 16.1. The molecule has 5 nitrogen and oxygen atoms in total. The smallest absolute Gasteiger partial charge is 0.338 e. The molecule has 0 atom stereocenters. The average Bonchev–Trinajstić information content (AvgIpc) is 2.59. The third-order valence-corrected chi connectivity index (χ3v) is 3.86. The van der Waals surface area contributed by atoms with Crippen molar-refractivity contribution in [3.63, 3.8) is 0 Å². The summed E-state index contributed by atoms with van der Waals surface area (Å²) in [6, 6.07) is 6.38. The van der Waals surface area contributed by atoms with Gasteiger partial charge >= 0.3 is 5.97 Å². The minimum Gasteiger partial charge on any atom is -0.478 e. The van der Waals surface area contributed by atoms with Crippen LogP contribution >= 0.6 is 0 Å². The summed E-state index contributed by atoms with van der Waals surface area (Å²) in [6.45, 7) is 1.67. The molecular formula is C19H12F2N2O3. The zero-order chi connectivity index (χ0) is 18.8. The predicted molar refractivity (Wildman–Crippen MR) is 91.0 cm³/mol. The van der Waals surface area contributed by atoms with Gasteiger partial charge in [-0.05, 0) is 36.8 Å². The number of benzene rings is 2. The van der Waals surface area contributed by atoms with Gasteiger partial charge in [0.05, 0.1) is 16.6 Å². The fourth-order valence-corrected chi connectivity index (χ4v) is 2.65. The second-order valence-corrected chi connectivity index (χ2v) is 5.54. The Morgan fingerprint density at radius 1 is 1.19 bits per heavy atom. The highest BCUT2D eigenvalue weighted by Gasteiger charge is 2.17. The Bertz CT molecular complexity index is 1160. The molecule has 0 saturated heterocycles. The minimum absolute atomic E-state index is 0.0448. The molecule has 0 amide bonds. The van der Waals surface area contributed by atoms with Crippen LogP contribution in [0.4, 0.5) is 8.78 Å². The largest absolute Gasteiger partial charge is 0.478 e. The molecule has 26 heavy (non-hydrogen) atoms. The Morgan fingerprint density at radius 3 is 2.65 bits per heavy atom. The van der Waals surface area contributed by atoms with Crippen molar-refractivity contribution in [2.75, 3.05) is 0 Å². The molecule has 0 radical (unpaired) electrons. The van der Waals surface area contributed by atoms with Crippen LogP contribution in [0.1, 0.15) is 34.1 Å². The molecule has 0 unspecified atom stereocenters. The van der Waals surface area contributed by atoms with E-state index < -0.39 is 28.7 Å². The summed E-state index contributed by atoms with van der Waals surface area (Å²) in [4.78, 5) is 23.0. The van der Waals surface area contributed by atoms with Gasteiger partial charge in [0, 0.05) is 23.4 Å². The first-order valence-corrected chi connectivity index (χ1v) is 7.56. The van der Waals surface area contributed by atoms with Gasteiger partial charge in [-0.1, -0.05) is 5.92 Å². The lowest BCUT2D eigenvalue weighted by atomic mass is 10.0. The van der Waals surface area contributed by atoms with Gasteiger partial charge in [0.1, 0.15) is 11.6 Å². The Morgan fingerprint density at radius 2 is 1.96 bits per heavy atom. The van der Waals surface area contributed by atoms with Crippen LogP contribution < -0.4 is 5.56 Å². The van der Waals surface area contributed by atoms with Crippen molar-refractivity contribution in [1.29, 1.82) is 0 Å². The van der Waals surface area contributed by atoms with E-state index >= 15 is 0 Å². The number of carboxylic acids is 1. The summed E-state index contributed by atoms with van der Waals surface area (Å²) >= 11 is 0. The lowest BCUT2D eigenvalue weighted by molar-refractivity contribution is 0.0691. The molecule has 0 spiro atoms. The normalized spacial score (nSPS) is 10.4. The first-order chi connectivity index (χ1) is 12.4. The topological polar surface area (TPSA) is 83.0 Å². The van der Waals surface area contributed by atoms with E-state index in [-0.39, 0.29) is 12.0 Å². The fraction of sp³-hybridized carbons (Fsp3) is 0.105. The maximum atomic E-state index is 14.1. The van der Waals surface area contributed by atoms with Crippen LogP contribution in [-0.2, 0) is 6.42 Å². The summed E-state index contributed by atoms with van der Waals surface area (Å²) in [5.74, 6) is 2.06. The monoisotopic (exact) mass is 354 g/mol. The van der Waals surface area contributed by atoms with Crippen molar-refractivity contribution >= 4 is 16.7 Å². The number of nitrogens with zero attached hydrogens (tertiary/aromatic N) is 1. The van der Waals surface area contributed by atoms with Crippen LogP contribution in [0.3, 0.4) is 0 Å². The number of hydrogen-bond acceptors (Lipinski definition) is 3. The number of nitrogens with one attached hydrogen (secondary N) is 1. The van der Waals surface area contributed by atoms with E-state index in [0.717, 1.165) is 6.07 Å². The van der Waals surface area contributed by atoms with Crippen LogP contribution in [0, 0.1) is 23.5 Å². The van der Waals surface area contributed by atoms with Crippen molar-refractivity contribution in [1.82, 2.24) is 10.2 Å². The van der Waals surface area contributed by atoms with Crippen LogP contribution in [-0.4, -0.2) is 21.3 Å². The molecule has 0 aliphatic rings. The highest BCUT2D eigenvalue weighted by atomic mass is 19.1. The third kappa shape index (κ3) is 3.17. The fourth-order valence-electron chi connectivity index (χ4n) is 2.65. The Labute approximate surface area is 146 Å². The van der Waals surface area contributed by atoms with Crippen LogP contribution in [0.25, 0.3) is 10.8 Å². The summed E-state index contributed by atoms with van der Waals surface area (Å²) in [5.41, 5.74) is -0.115.